The number of aromatic nitrogens is 1. The number of halogens is 1. The molecule has 1 heterocycles. The van der Waals surface area contributed by atoms with Gasteiger partial charge in [0.15, 0.2) is 15.4 Å². The zero-order valence-electron chi connectivity index (χ0n) is 16.3. The standard InChI is InChI=1S/C20H17ClN2O6S3/c21-14-3-1-13(2-4-14)17(24)23-15-5-7-16(8-6-15)32(28,29)12-20(27,18(25)26)11-31-19-22-9-10-30-19/h1-10,27H,11-12H2,(H,23,24)(H,25,26). The Kier molecular flexibility index (Phi) is 7.57. The van der Waals surface area contributed by atoms with E-state index < -0.39 is 33.1 Å². The summed E-state index contributed by atoms with van der Waals surface area (Å²) in [4.78, 5) is 27.7. The van der Waals surface area contributed by atoms with E-state index in [4.69, 9.17) is 11.6 Å². The molecule has 168 valence electrons. The molecule has 3 aromatic rings. The van der Waals surface area contributed by atoms with Crippen molar-refractivity contribution in [2.75, 3.05) is 16.8 Å². The van der Waals surface area contributed by atoms with Crippen LogP contribution in [0.4, 0.5) is 5.69 Å². The Hall–Kier alpha value is -2.44. The van der Waals surface area contributed by atoms with E-state index in [1.54, 1.807) is 29.6 Å². The smallest absolute Gasteiger partial charge is 0.337 e. The van der Waals surface area contributed by atoms with Gasteiger partial charge in [0.2, 0.25) is 0 Å². The summed E-state index contributed by atoms with van der Waals surface area (Å²) in [5, 5.41) is 24.8. The number of carboxylic acid groups (broad SMARTS) is 1. The van der Waals surface area contributed by atoms with Gasteiger partial charge in [0.1, 0.15) is 4.34 Å². The van der Waals surface area contributed by atoms with Gasteiger partial charge < -0.3 is 15.5 Å². The van der Waals surface area contributed by atoms with Crippen LogP contribution in [0, 0.1) is 0 Å². The van der Waals surface area contributed by atoms with Crippen LogP contribution in [0.15, 0.2) is 69.3 Å². The third kappa shape index (κ3) is 6.08. The number of hydrogen-bond donors (Lipinski definition) is 3. The minimum atomic E-state index is -4.14. The first-order valence-electron chi connectivity index (χ1n) is 8.97. The molecule has 0 spiro atoms. The third-order valence-corrected chi connectivity index (χ3v) is 8.53. The lowest BCUT2D eigenvalue weighted by Gasteiger charge is -2.22. The van der Waals surface area contributed by atoms with Crippen LogP contribution in [0.5, 0.6) is 0 Å². The maximum atomic E-state index is 12.8. The second-order valence-electron chi connectivity index (χ2n) is 6.67. The number of rotatable bonds is 9. The van der Waals surface area contributed by atoms with Crippen LogP contribution in [0.25, 0.3) is 0 Å². The van der Waals surface area contributed by atoms with Crippen LogP contribution >= 0.6 is 34.7 Å². The number of benzene rings is 2. The molecule has 0 aliphatic heterocycles. The van der Waals surface area contributed by atoms with E-state index in [0.717, 1.165) is 11.8 Å². The number of carboxylic acids is 1. The van der Waals surface area contributed by atoms with Crippen LogP contribution in [-0.4, -0.2) is 52.6 Å². The molecular formula is C20H17ClN2O6S3. The molecule has 8 nitrogen and oxygen atoms in total. The maximum absolute atomic E-state index is 12.8. The predicted molar refractivity (Wildman–Crippen MR) is 123 cm³/mol. The van der Waals surface area contributed by atoms with Crippen molar-refractivity contribution >= 4 is 62.1 Å². The number of nitrogens with one attached hydrogen (secondary N) is 1. The number of amides is 1. The van der Waals surface area contributed by atoms with Gasteiger partial charge in [0, 0.05) is 33.6 Å². The Morgan fingerprint density at radius 3 is 2.34 bits per heavy atom. The Balaban J connectivity index is 1.70. The van der Waals surface area contributed by atoms with Gasteiger partial charge in [-0.25, -0.2) is 18.2 Å². The zero-order valence-corrected chi connectivity index (χ0v) is 19.5. The molecule has 32 heavy (non-hydrogen) atoms. The molecule has 3 N–H and O–H groups in total. The van der Waals surface area contributed by atoms with E-state index in [1.165, 1.54) is 41.8 Å². The molecular weight excluding hydrogens is 496 g/mol. The number of thiazole rings is 1. The van der Waals surface area contributed by atoms with Gasteiger partial charge in [-0.3, -0.25) is 4.79 Å². The van der Waals surface area contributed by atoms with Gasteiger partial charge in [-0.05, 0) is 48.5 Å². The average molecular weight is 513 g/mol. The molecule has 1 aromatic heterocycles. The number of carbonyl (C=O) groups excluding carboxylic acids is 1. The lowest BCUT2D eigenvalue weighted by atomic mass is 10.1. The number of hydrogen-bond acceptors (Lipinski definition) is 8. The number of carbonyl (C=O) groups is 2. The number of sulfone groups is 1. The summed E-state index contributed by atoms with van der Waals surface area (Å²) in [6.07, 6.45) is 1.52. The van der Waals surface area contributed by atoms with E-state index in [2.05, 4.69) is 10.3 Å². The first kappa shape index (κ1) is 24.2. The number of aliphatic carboxylic acids is 1. The Labute approximate surface area is 197 Å². The molecule has 0 fully saturated rings. The number of nitrogens with zero attached hydrogens (tertiary/aromatic N) is 1. The van der Waals surface area contributed by atoms with Gasteiger partial charge in [0.05, 0.1) is 10.6 Å². The highest BCUT2D eigenvalue weighted by Gasteiger charge is 2.41. The van der Waals surface area contributed by atoms with Crippen LogP contribution in [-0.2, 0) is 14.6 Å². The highest BCUT2D eigenvalue weighted by molar-refractivity contribution is 8.01. The Morgan fingerprint density at radius 1 is 1.12 bits per heavy atom. The topological polar surface area (TPSA) is 134 Å². The summed E-state index contributed by atoms with van der Waals surface area (Å²) >= 11 is 8.02. The fraction of sp³-hybridized carbons (Fsp3) is 0.150. The van der Waals surface area contributed by atoms with Crippen molar-refractivity contribution in [2.24, 2.45) is 0 Å². The number of aliphatic hydroxyl groups is 1. The van der Waals surface area contributed by atoms with Crippen LogP contribution in [0.2, 0.25) is 5.02 Å². The molecule has 0 bridgehead atoms. The molecule has 1 unspecified atom stereocenters. The SMILES string of the molecule is O=C(Nc1ccc(S(=O)(=O)CC(O)(CSc2nccs2)C(=O)O)cc1)c1ccc(Cl)cc1. The summed E-state index contributed by atoms with van der Waals surface area (Å²) in [6.45, 7) is 0. The maximum Gasteiger partial charge on any atom is 0.337 e. The second-order valence-corrected chi connectivity index (χ2v) is 11.2. The molecule has 2 aromatic carbocycles. The van der Waals surface area contributed by atoms with Gasteiger partial charge in [-0.2, -0.15) is 0 Å². The van der Waals surface area contributed by atoms with Gasteiger partial charge in [-0.15, -0.1) is 11.3 Å². The van der Waals surface area contributed by atoms with Crippen molar-refractivity contribution < 1.29 is 28.2 Å². The molecule has 0 aliphatic rings. The second kappa shape index (κ2) is 10.0. The fourth-order valence-electron chi connectivity index (χ4n) is 2.58. The summed E-state index contributed by atoms with van der Waals surface area (Å²) < 4.78 is 26.0. The van der Waals surface area contributed by atoms with Gasteiger partial charge >= 0.3 is 5.97 Å². The van der Waals surface area contributed by atoms with Gasteiger partial charge in [-0.1, -0.05) is 23.4 Å². The van der Waals surface area contributed by atoms with Crippen LogP contribution < -0.4 is 5.32 Å². The summed E-state index contributed by atoms with van der Waals surface area (Å²) in [7, 11) is -4.14. The molecule has 0 saturated heterocycles. The molecule has 12 heteroatoms. The lowest BCUT2D eigenvalue weighted by molar-refractivity contribution is -0.153. The fourth-order valence-corrected chi connectivity index (χ4v) is 6.10. The lowest BCUT2D eigenvalue weighted by Crippen LogP contribution is -2.47. The minimum Gasteiger partial charge on any atom is -0.479 e. The van der Waals surface area contributed by atoms with Crippen molar-refractivity contribution in [1.82, 2.24) is 4.98 Å². The monoisotopic (exact) mass is 512 g/mol. The Morgan fingerprint density at radius 2 is 1.78 bits per heavy atom. The average Bonchev–Trinajstić information content (AvgIpc) is 3.26. The van der Waals surface area contributed by atoms with Crippen molar-refractivity contribution in [3.05, 3.63) is 70.7 Å². The highest BCUT2D eigenvalue weighted by atomic mass is 35.5. The van der Waals surface area contributed by atoms with Crippen LogP contribution in [0.3, 0.4) is 0 Å². The zero-order chi connectivity index (χ0) is 23.4. The number of anilines is 1. The van der Waals surface area contributed by atoms with E-state index in [9.17, 15) is 28.2 Å². The minimum absolute atomic E-state index is 0.180. The van der Waals surface area contributed by atoms with E-state index in [0.29, 0.717) is 20.6 Å². The van der Waals surface area contributed by atoms with Crippen molar-refractivity contribution in [1.29, 1.82) is 0 Å². The molecule has 1 atom stereocenters. The normalized spacial score (nSPS) is 13.3. The summed E-state index contributed by atoms with van der Waals surface area (Å²) in [5.74, 6) is -3.44. The molecule has 0 aliphatic carbocycles. The van der Waals surface area contributed by atoms with E-state index in [-0.39, 0.29) is 10.6 Å². The third-order valence-electron chi connectivity index (χ3n) is 4.25. The molecule has 1 amide bonds. The first-order valence-corrected chi connectivity index (χ1v) is 12.9. The van der Waals surface area contributed by atoms with Crippen molar-refractivity contribution in [3.8, 4) is 0 Å². The molecule has 0 radical (unpaired) electrons. The van der Waals surface area contributed by atoms with E-state index >= 15 is 0 Å². The summed E-state index contributed by atoms with van der Waals surface area (Å²) in [6, 6.07) is 11.5. The summed E-state index contributed by atoms with van der Waals surface area (Å²) in [5.41, 5.74) is -1.79. The first-order chi connectivity index (χ1) is 15.1. The van der Waals surface area contributed by atoms with Crippen LogP contribution in [0.1, 0.15) is 10.4 Å². The quantitative estimate of drug-likeness (QED) is 0.371. The highest BCUT2D eigenvalue weighted by Crippen LogP contribution is 2.27. The Bertz CT molecular complexity index is 1200. The molecule has 3 rings (SSSR count). The largest absolute Gasteiger partial charge is 0.479 e. The van der Waals surface area contributed by atoms with Crippen molar-refractivity contribution in [2.45, 2.75) is 14.8 Å². The van der Waals surface area contributed by atoms with Gasteiger partial charge in [0.25, 0.3) is 5.91 Å². The predicted octanol–water partition coefficient (Wildman–Crippen LogP) is 3.43. The van der Waals surface area contributed by atoms with Crippen molar-refractivity contribution in [3.63, 3.8) is 0 Å². The van der Waals surface area contributed by atoms with E-state index in [1.807, 2.05) is 0 Å². The molecule has 0 saturated carbocycles. The number of thioether (sulfide) groups is 1.